The van der Waals surface area contributed by atoms with Gasteiger partial charge in [-0.2, -0.15) is 18.3 Å². The third-order valence-electron chi connectivity index (χ3n) is 7.48. The first kappa shape index (κ1) is 21.2. The van der Waals surface area contributed by atoms with Gasteiger partial charge in [-0.05, 0) is 61.1 Å². The van der Waals surface area contributed by atoms with Crippen LogP contribution in [0.15, 0.2) is 12.1 Å². The summed E-state index contributed by atoms with van der Waals surface area (Å²) in [4.78, 5) is 28.6. The normalized spacial score (nSPS) is 29.7. The minimum absolute atomic E-state index is 0.0205. The number of halogens is 5. The van der Waals surface area contributed by atoms with E-state index < -0.39 is 30.0 Å². The Balaban J connectivity index is 1.27. The van der Waals surface area contributed by atoms with Crippen LogP contribution < -0.4 is 0 Å². The summed E-state index contributed by atoms with van der Waals surface area (Å²) in [5, 5.41) is 3.75. The number of rotatable bonds is 3. The van der Waals surface area contributed by atoms with E-state index in [1.54, 1.807) is 6.07 Å². The lowest BCUT2D eigenvalue weighted by Gasteiger charge is -2.38. The number of fused-ring (bicyclic) bond motifs is 2. The zero-order valence-electron chi connectivity index (χ0n) is 17.5. The van der Waals surface area contributed by atoms with Crippen molar-refractivity contribution in [2.45, 2.75) is 50.0 Å². The van der Waals surface area contributed by atoms with Crippen LogP contribution in [0.2, 0.25) is 5.02 Å². The maximum absolute atomic E-state index is 14.5. The molecule has 2 aromatic heterocycles. The van der Waals surface area contributed by atoms with E-state index in [4.69, 9.17) is 11.6 Å². The van der Waals surface area contributed by atoms with Crippen molar-refractivity contribution in [1.82, 2.24) is 19.4 Å². The van der Waals surface area contributed by atoms with Crippen LogP contribution in [0, 0.1) is 11.8 Å². The number of piperazine rings is 1. The second-order valence-electron chi connectivity index (χ2n) is 9.63. The van der Waals surface area contributed by atoms with E-state index in [9.17, 15) is 27.2 Å². The molecule has 0 N–H and O–H groups in total. The fourth-order valence-electron chi connectivity index (χ4n) is 5.45. The molecule has 6 rings (SSSR count). The molecule has 0 bridgehead atoms. The molecular weight excluding hydrogens is 464 g/mol. The number of aromatic nitrogens is 2. The second-order valence-corrected chi connectivity index (χ2v) is 10.0. The topological polar surface area (TPSA) is 57.9 Å². The van der Waals surface area contributed by atoms with Gasteiger partial charge in [-0.15, -0.1) is 0 Å². The number of carbonyl (C=O) groups is 2. The molecule has 1 saturated heterocycles. The molecule has 3 aliphatic carbocycles. The average molecular weight is 485 g/mol. The predicted molar refractivity (Wildman–Crippen MR) is 110 cm³/mol. The average Bonchev–Trinajstić information content (AvgIpc) is 3.68. The minimum atomic E-state index is -4.68. The molecule has 4 fully saturated rings. The number of pyridine rings is 1. The molecule has 3 saturated carbocycles. The molecule has 1 aliphatic heterocycles. The highest BCUT2D eigenvalue weighted by Gasteiger charge is 2.56. The van der Waals surface area contributed by atoms with E-state index in [1.165, 1.54) is 9.80 Å². The summed E-state index contributed by atoms with van der Waals surface area (Å²) in [6.45, 7) is 0.0491. The summed E-state index contributed by atoms with van der Waals surface area (Å²) in [5.74, 6) is -0.632. The van der Waals surface area contributed by atoms with Gasteiger partial charge in [-0.3, -0.25) is 9.59 Å². The van der Waals surface area contributed by atoms with Crippen molar-refractivity contribution in [2.75, 3.05) is 19.6 Å². The second kappa shape index (κ2) is 7.07. The van der Waals surface area contributed by atoms with Crippen LogP contribution in [-0.2, 0) is 11.0 Å². The third-order valence-corrected chi connectivity index (χ3v) is 7.85. The Bertz CT molecular complexity index is 1180. The van der Waals surface area contributed by atoms with Gasteiger partial charge < -0.3 is 9.80 Å². The van der Waals surface area contributed by atoms with Gasteiger partial charge in [0, 0.05) is 13.1 Å². The van der Waals surface area contributed by atoms with Crippen LogP contribution in [0.3, 0.4) is 0 Å². The van der Waals surface area contributed by atoms with Crippen molar-refractivity contribution < 1.29 is 27.2 Å². The molecule has 33 heavy (non-hydrogen) atoms. The summed E-state index contributed by atoms with van der Waals surface area (Å²) < 4.78 is 56.3. The molecule has 176 valence electrons. The predicted octanol–water partition coefficient (Wildman–Crippen LogP) is 3.91. The maximum Gasteiger partial charge on any atom is 0.433 e. The number of hydrogen-bond donors (Lipinski definition) is 0. The fraction of sp³-hybridized carbons (Fsp3) is 0.591. The monoisotopic (exact) mass is 484 g/mol. The van der Waals surface area contributed by atoms with E-state index in [1.807, 2.05) is 0 Å². The summed E-state index contributed by atoms with van der Waals surface area (Å²) >= 11 is 6.36. The van der Waals surface area contributed by atoms with Gasteiger partial charge in [-0.1, -0.05) is 11.6 Å². The molecule has 1 unspecified atom stereocenters. The Morgan fingerprint density at radius 3 is 2.52 bits per heavy atom. The molecule has 0 spiro atoms. The van der Waals surface area contributed by atoms with Gasteiger partial charge in [0.15, 0.2) is 5.69 Å². The molecule has 2 amide bonds. The SMILES string of the molecule is O=C(c1nn2c(C(F)(F)F)cc(C3CC3)cc2c1Cl)N1CCN([C@H]2C[C@@H]3C[C@@H]3C2F)C(=O)C1. The molecule has 3 heterocycles. The summed E-state index contributed by atoms with van der Waals surface area (Å²) in [6, 6.07) is 2.16. The third kappa shape index (κ3) is 3.40. The van der Waals surface area contributed by atoms with E-state index in [2.05, 4.69) is 5.10 Å². The van der Waals surface area contributed by atoms with Crippen molar-refractivity contribution in [2.24, 2.45) is 11.8 Å². The van der Waals surface area contributed by atoms with Gasteiger partial charge in [0.25, 0.3) is 5.91 Å². The largest absolute Gasteiger partial charge is 0.433 e. The van der Waals surface area contributed by atoms with E-state index in [-0.39, 0.29) is 53.6 Å². The van der Waals surface area contributed by atoms with Gasteiger partial charge >= 0.3 is 6.18 Å². The summed E-state index contributed by atoms with van der Waals surface area (Å²) in [6.07, 6.45) is -2.58. The number of carbonyl (C=O) groups excluding carboxylic acids is 2. The molecule has 11 heteroatoms. The Morgan fingerprint density at radius 1 is 1.15 bits per heavy atom. The Morgan fingerprint density at radius 2 is 1.91 bits per heavy atom. The van der Waals surface area contributed by atoms with Crippen LogP contribution in [0.1, 0.15) is 53.3 Å². The quantitative estimate of drug-likeness (QED) is 0.621. The first-order valence-electron chi connectivity index (χ1n) is 11.2. The zero-order chi connectivity index (χ0) is 23.2. The molecule has 0 aromatic carbocycles. The van der Waals surface area contributed by atoms with Gasteiger partial charge in [0.05, 0.1) is 16.6 Å². The highest BCUT2D eigenvalue weighted by atomic mass is 35.5. The lowest BCUT2D eigenvalue weighted by atomic mass is 10.1. The van der Waals surface area contributed by atoms with Gasteiger partial charge in [0.2, 0.25) is 5.91 Å². The van der Waals surface area contributed by atoms with Crippen molar-refractivity contribution >= 4 is 28.9 Å². The zero-order valence-corrected chi connectivity index (χ0v) is 18.2. The molecule has 4 aliphatic rings. The van der Waals surface area contributed by atoms with Crippen LogP contribution in [0.4, 0.5) is 17.6 Å². The van der Waals surface area contributed by atoms with Crippen LogP contribution in [0.5, 0.6) is 0 Å². The van der Waals surface area contributed by atoms with Gasteiger partial charge in [-0.25, -0.2) is 8.91 Å². The number of amides is 2. The van der Waals surface area contributed by atoms with Crippen LogP contribution >= 0.6 is 11.6 Å². The van der Waals surface area contributed by atoms with Crippen LogP contribution in [-0.4, -0.2) is 63.1 Å². The van der Waals surface area contributed by atoms with Crippen LogP contribution in [0.25, 0.3) is 5.52 Å². The van der Waals surface area contributed by atoms with Crippen molar-refractivity contribution in [1.29, 1.82) is 0 Å². The minimum Gasteiger partial charge on any atom is -0.333 e. The maximum atomic E-state index is 14.5. The molecule has 2 aromatic rings. The molecular formula is C22H21ClF4N4O2. The van der Waals surface area contributed by atoms with Crippen molar-refractivity contribution in [3.05, 3.63) is 34.1 Å². The summed E-state index contributed by atoms with van der Waals surface area (Å²) in [7, 11) is 0. The molecule has 4 atom stereocenters. The first-order valence-corrected chi connectivity index (χ1v) is 11.5. The smallest absolute Gasteiger partial charge is 0.333 e. The lowest BCUT2D eigenvalue weighted by molar-refractivity contribution is -0.142. The standard InChI is InChI=1S/C22H21ClF4N4O2/c23-18-14-6-11(10-1-2-10)8-16(22(25,26)27)31(14)28-20(18)21(33)29-3-4-30(17(32)9-29)15-7-12-5-13(12)19(15)24/h6,8,10,12-13,15,19H,1-5,7,9H2/t12-,13-,15-,19?/m0/s1. The van der Waals surface area contributed by atoms with Crippen molar-refractivity contribution in [3.63, 3.8) is 0 Å². The Labute approximate surface area is 191 Å². The fourth-order valence-corrected chi connectivity index (χ4v) is 5.70. The van der Waals surface area contributed by atoms with Gasteiger partial charge in [0.1, 0.15) is 18.4 Å². The highest BCUT2D eigenvalue weighted by molar-refractivity contribution is 6.36. The lowest BCUT2D eigenvalue weighted by Crippen LogP contribution is -2.57. The Hall–Kier alpha value is -2.36. The Kier molecular flexibility index (Phi) is 4.54. The molecule has 6 nitrogen and oxygen atoms in total. The van der Waals surface area contributed by atoms with E-state index >= 15 is 0 Å². The number of hydrogen-bond acceptors (Lipinski definition) is 3. The summed E-state index contributed by atoms with van der Waals surface area (Å²) in [5.41, 5.74) is -0.763. The van der Waals surface area contributed by atoms with E-state index in [0.717, 1.165) is 25.3 Å². The number of alkyl halides is 4. The first-order chi connectivity index (χ1) is 15.6. The van der Waals surface area contributed by atoms with E-state index in [0.29, 0.717) is 22.4 Å². The van der Waals surface area contributed by atoms with Crippen molar-refractivity contribution in [3.8, 4) is 0 Å². The highest BCUT2D eigenvalue weighted by Crippen LogP contribution is 2.54. The molecule has 0 radical (unpaired) electrons. The number of nitrogens with zero attached hydrogens (tertiary/aromatic N) is 4.